The lowest BCUT2D eigenvalue weighted by atomic mass is 10.3. The molecule has 3 rings (SSSR count). The topological polar surface area (TPSA) is 116 Å². The highest BCUT2D eigenvalue weighted by atomic mass is 32.2. The van der Waals surface area contributed by atoms with Crippen LogP contribution in [-0.2, 0) is 20.0 Å². The molecule has 1 aromatic carbocycles. The minimum atomic E-state index is -5.84. The van der Waals surface area contributed by atoms with E-state index < -0.39 is 31.2 Å². The molecule has 0 spiro atoms. The number of halogens is 3. The van der Waals surface area contributed by atoms with Crippen LogP contribution >= 0.6 is 0 Å². The number of alkyl halides is 3. The summed E-state index contributed by atoms with van der Waals surface area (Å²) in [4.78, 5) is 7.83. The Labute approximate surface area is 157 Å². The number of pyridine rings is 1. The van der Waals surface area contributed by atoms with Crippen LogP contribution in [0.25, 0.3) is 22.7 Å². The first-order valence-electron chi connectivity index (χ1n) is 7.54. The first-order chi connectivity index (χ1) is 12.9. The summed E-state index contributed by atoms with van der Waals surface area (Å²) in [5, 5.41) is 0. The van der Waals surface area contributed by atoms with Crippen molar-refractivity contribution in [3.05, 3.63) is 36.5 Å². The summed E-state index contributed by atoms with van der Waals surface area (Å²) in [5.74, 6) is -1.02. The second-order valence-corrected chi connectivity index (χ2v) is 9.17. The van der Waals surface area contributed by atoms with E-state index in [1.165, 1.54) is 25.3 Å². The predicted molar refractivity (Wildman–Crippen MR) is 90.6 cm³/mol. The molecule has 0 fully saturated rings. The predicted octanol–water partition coefficient (Wildman–Crippen LogP) is 2.91. The Bertz CT molecular complexity index is 1250. The fraction of sp³-hybridized carbons (Fsp3) is 0.200. The van der Waals surface area contributed by atoms with Gasteiger partial charge in [0.2, 0.25) is 5.89 Å². The number of hydrogen-bond donors (Lipinski definition) is 0. The van der Waals surface area contributed by atoms with Crippen molar-refractivity contribution in [1.29, 1.82) is 0 Å². The quantitative estimate of drug-likeness (QED) is 0.443. The molecule has 0 N–H and O–H groups in total. The molecular formula is C15H11F3N2O6S2. The van der Waals surface area contributed by atoms with E-state index in [2.05, 4.69) is 14.2 Å². The van der Waals surface area contributed by atoms with E-state index in [0.29, 0.717) is 0 Å². The van der Waals surface area contributed by atoms with Gasteiger partial charge in [-0.2, -0.15) is 21.6 Å². The second-order valence-electron chi connectivity index (χ2n) is 5.39. The van der Waals surface area contributed by atoms with Gasteiger partial charge in [-0.05, 0) is 24.3 Å². The standard InChI is InChI=1S/C15H11F3N2O6S2/c1-2-27(21,22)12-4-3-7-19-13(12)14-20-10-8-9(5-6-11(10)25-14)26-28(23,24)15(16,17)18/h3-8H,2H2,1H3. The number of oxazole rings is 1. The van der Waals surface area contributed by atoms with Gasteiger partial charge in [-0.1, -0.05) is 6.92 Å². The third-order valence-corrected chi connectivity index (χ3v) is 6.28. The van der Waals surface area contributed by atoms with Gasteiger partial charge in [-0.25, -0.2) is 18.4 Å². The van der Waals surface area contributed by atoms with Crippen molar-refractivity contribution in [2.45, 2.75) is 17.3 Å². The van der Waals surface area contributed by atoms with Gasteiger partial charge in [0.1, 0.15) is 17.0 Å². The Morgan fingerprint density at radius 2 is 1.86 bits per heavy atom. The summed E-state index contributed by atoms with van der Waals surface area (Å²) >= 11 is 0. The average molecular weight is 436 g/mol. The average Bonchev–Trinajstić information content (AvgIpc) is 3.03. The third kappa shape index (κ3) is 3.67. The van der Waals surface area contributed by atoms with Crippen LogP contribution in [0.5, 0.6) is 5.75 Å². The van der Waals surface area contributed by atoms with Crippen molar-refractivity contribution in [3.63, 3.8) is 0 Å². The Morgan fingerprint density at radius 1 is 1.14 bits per heavy atom. The highest BCUT2D eigenvalue weighted by Gasteiger charge is 2.48. The number of fused-ring (bicyclic) bond motifs is 1. The summed E-state index contributed by atoms with van der Waals surface area (Å²) in [6.07, 6.45) is 1.32. The summed E-state index contributed by atoms with van der Waals surface area (Å²) in [6, 6.07) is 5.75. The van der Waals surface area contributed by atoms with Crippen LogP contribution in [0.1, 0.15) is 6.92 Å². The molecule has 13 heteroatoms. The monoisotopic (exact) mass is 436 g/mol. The van der Waals surface area contributed by atoms with Crippen LogP contribution in [0.2, 0.25) is 0 Å². The normalized spacial score (nSPS) is 13.0. The maximum Gasteiger partial charge on any atom is 0.534 e. The Morgan fingerprint density at radius 3 is 2.50 bits per heavy atom. The summed E-state index contributed by atoms with van der Waals surface area (Å²) in [5.41, 5.74) is -5.65. The molecule has 0 saturated carbocycles. The van der Waals surface area contributed by atoms with Gasteiger partial charge in [0.15, 0.2) is 15.4 Å². The molecule has 0 aliphatic heterocycles. The van der Waals surface area contributed by atoms with E-state index in [1.54, 1.807) is 0 Å². The lowest BCUT2D eigenvalue weighted by molar-refractivity contribution is -0.0500. The van der Waals surface area contributed by atoms with Crippen molar-refractivity contribution in [3.8, 4) is 17.3 Å². The van der Waals surface area contributed by atoms with E-state index in [0.717, 1.165) is 18.2 Å². The second kappa shape index (κ2) is 6.74. The zero-order chi connectivity index (χ0) is 20.7. The Balaban J connectivity index is 2.06. The first kappa shape index (κ1) is 20.1. The SMILES string of the molecule is CCS(=O)(=O)c1cccnc1-c1nc2cc(OS(=O)(=O)C(F)(F)F)ccc2o1. The summed E-state index contributed by atoms with van der Waals surface area (Å²) in [7, 11) is -9.50. The van der Waals surface area contributed by atoms with Gasteiger partial charge in [-0.15, -0.1) is 0 Å². The molecule has 0 bridgehead atoms. The van der Waals surface area contributed by atoms with Gasteiger partial charge in [0.25, 0.3) is 0 Å². The lowest BCUT2D eigenvalue weighted by Gasteiger charge is -2.08. The zero-order valence-corrected chi connectivity index (χ0v) is 15.6. The van der Waals surface area contributed by atoms with Crippen LogP contribution < -0.4 is 4.18 Å². The zero-order valence-electron chi connectivity index (χ0n) is 14.0. The molecule has 0 saturated heterocycles. The molecule has 0 unspecified atom stereocenters. The Kier molecular flexibility index (Phi) is 4.83. The highest BCUT2D eigenvalue weighted by Crippen LogP contribution is 2.32. The molecule has 8 nitrogen and oxygen atoms in total. The smallest absolute Gasteiger partial charge is 0.435 e. The molecule has 3 aromatic rings. The van der Waals surface area contributed by atoms with Crippen LogP contribution in [0.3, 0.4) is 0 Å². The van der Waals surface area contributed by atoms with E-state index in [1.807, 2.05) is 0 Å². The molecular weight excluding hydrogens is 425 g/mol. The largest absolute Gasteiger partial charge is 0.534 e. The molecule has 0 amide bonds. The minimum absolute atomic E-state index is 0.0460. The maximum absolute atomic E-state index is 12.4. The van der Waals surface area contributed by atoms with Crippen molar-refractivity contribution < 1.29 is 38.6 Å². The highest BCUT2D eigenvalue weighted by molar-refractivity contribution is 7.91. The lowest BCUT2D eigenvalue weighted by Crippen LogP contribution is -2.28. The number of benzene rings is 1. The molecule has 0 aliphatic rings. The molecule has 0 atom stereocenters. The van der Waals surface area contributed by atoms with Gasteiger partial charge in [0.05, 0.1) is 10.6 Å². The van der Waals surface area contributed by atoms with E-state index in [-0.39, 0.29) is 33.3 Å². The minimum Gasteiger partial charge on any atom is -0.435 e. The van der Waals surface area contributed by atoms with Crippen molar-refractivity contribution in [2.75, 3.05) is 5.75 Å². The summed E-state index contributed by atoms with van der Waals surface area (Å²) < 4.78 is 93.4. The van der Waals surface area contributed by atoms with Crippen LogP contribution in [0, 0.1) is 0 Å². The molecule has 2 aromatic heterocycles. The number of rotatable bonds is 5. The van der Waals surface area contributed by atoms with Crippen LogP contribution in [0.15, 0.2) is 45.8 Å². The van der Waals surface area contributed by atoms with Gasteiger partial charge in [-0.3, -0.25) is 0 Å². The summed E-state index contributed by atoms with van der Waals surface area (Å²) in [6.45, 7) is 1.45. The van der Waals surface area contributed by atoms with Gasteiger partial charge >= 0.3 is 15.6 Å². The van der Waals surface area contributed by atoms with Gasteiger partial charge < -0.3 is 8.60 Å². The van der Waals surface area contributed by atoms with E-state index in [9.17, 15) is 30.0 Å². The Hall–Kier alpha value is -2.67. The molecule has 28 heavy (non-hydrogen) atoms. The van der Waals surface area contributed by atoms with Gasteiger partial charge in [0, 0.05) is 12.3 Å². The molecule has 2 heterocycles. The number of sulfone groups is 1. The molecule has 0 aliphatic carbocycles. The fourth-order valence-corrected chi connectivity index (χ4v) is 3.67. The first-order valence-corrected chi connectivity index (χ1v) is 10.6. The number of nitrogens with zero attached hydrogens (tertiary/aromatic N) is 2. The molecule has 150 valence electrons. The van der Waals surface area contributed by atoms with Crippen molar-refractivity contribution >= 4 is 31.1 Å². The number of hydrogen-bond acceptors (Lipinski definition) is 8. The van der Waals surface area contributed by atoms with Crippen LogP contribution in [-0.4, -0.2) is 38.1 Å². The molecule has 0 radical (unpaired) electrons. The fourth-order valence-electron chi connectivity index (χ4n) is 2.19. The van der Waals surface area contributed by atoms with Crippen molar-refractivity contribution in [1.82, 2.24) is 9.97 Å². The van der Waals surface area contributed by atoms with E-state index >= 15 is 0 Å². The third-order valence-electron chi connectivity index (χ3n) is 3.54. The van der Waals surface area contributed by atoms with Crippen molar-refractivity contribution in [2.24, 2.45) is 0 Å². The number of aromatic nitrogens is 2. The maximum atomic E-state index is 12.4. The van der Waals surface area contributed by atoms with Crippen LogP contribution in [0.4, 0.5) is 13.2 Å². The van der Waals surface area contributed by atoms with E-state index in [4.69, 9.17) is 4.42 Å².